The summed E-state index contributed by atoms with van der Waals surface area (Å²) in [6.45, 7) is 3.27. The summed E-state index contributed by atoms with van der Waals surface area (Å²) in [5.41, 5.74) is 1.64. The van der Waals surface area contributed by atoms with Crippen LogP contribution in [-0.2, 0) is 19.2 Å². The number of phenols is 1. The zero-order valence-electron chi connectivity index (χ0n) is 27.6. The van der Waals surface area contributed by atoms with Gasteiger partial charge in [-0.2, -0.15) is 0 Å². The first-order valence-corrected chi connectivity index (χ1v) is 16.3. The number of ether oxygens (including phenoxy) is 2. The minimum absolute atomic E-state index is 0.123. The lowest BCUT2D eigenvalue weighted by Gasteiger charge is -2.47. The van der Waals surface area contributed by atoms with Crippen molar-refractivity contribution >= 4 is 46.9 Å². The lowest BCUT2D eigenvalue weighted by molar-refractivity contribution is -0.132. The predicted molar refractivity (Wildman–Crippen MR) is 181 cm³/mol. The van der Waals surface area contributed by atoms with E-state index >= 15 is 0 Å². The maximum Gasteiger partial charge on any atom is 0.241 e. The van der Waals surface area contributed by atoms with E-state index in [1.54, 1.807) is 66.7 Å². The molecular weight excluding hydrogens is 624 g/mol. The molecule has 2 saturated heterocycles. The molecule has 0 spiro atoms. The molecule has 3 aromatic rings. The van der Waals surface area contributed by atoms with Crippen LogP contribution >= 0.6 is 0 Å². The molecule has 0 aromatic heterocycles. The maximum atomic E-state index is 14.5. The smallest absolute Gasteiger partial charge is 0.241 e. The topological polar surface area (TPSA) is 131 Å². The number of benzene rings is 3. The third-order valence-corrected chi connectivity index (χ3v) is 10.9. The van der Waals surface area contributed by atoms with E-state index < -0.39 is 35.0 Å². The van der Waals surface area contributed by atoms with Crippen molar-refractivity contribution in [2.45, 2.75) is 26.7 Å². The first-order chi connectivity index (χ1) is 23.5. The number of fused-ring (bicyclic) bond motifs is 4. The van der Waals surface area contributed by atoms with Crippen molar-refractivity contribution in [1.82, 2.24) is 0 Å². The number of hydrogen-bond acceptors (Lipinski definition) is 8. The molecule has 1 N–H and O–H groups in total. The van der Waals surface area contributed by atoms with E-state index in [1.165, 1.54) is 30.9 Å². The van der Waals surface area contributed by atoms with Crippen molar-refractivity contribution in [2.75, 3.05) is 24.0 Å². The number of Topliss-reactive ketones (excluding diaryl/α,β-unsaturated/α-hetero) is 1. The van der Waals surface area contributed by atoms with Gasteiger partial charge in [-0.15, -0.1) is 0 Å². The SMILES string of the molecule is COc1cc(C=C[C@H]2C3=CC[C@@H]4C(=O)N(c5ccc(C(C)=O)cc5)C(=O)[C@@H]4[C@@H]3C[C@H]3C(=O)N(c4ccccc4)C(=O)[C@@]23C)cc(OC)c1O. The molecule has 2 aliphatic carbocycles. The van der Waals surface area contributed by atoms with Gasteiger partial charge in [-0.1, -0.05) is 42.0 Å². The number of amides is 4. The first kappa shape index (κ1) is 32.1. The number of carbonyl (C=O) groups excluding carboxylic acids is 5. The number of imide groups is 2. The molecule has 2 aliphatic heterocycles. The average Bonchev–Trinajstić information content (AvgIpc) is 3.48. The minimum Gasteiger partial charge on any atom is -0.502 e. The van der Waals surface area contributed by atoms with E-state index in [2.05, 4.69) is 0 Å². The highest BCUT2D eigenvalue weighted by Crippen LogP contribution is 2.61. The molecule has 6 atom stereocenters. The number of para-hydroxylation sites is 1. The fourth-order valence-electron chi connectivity index (χ4n) is 8.36. The molecule has 1 saturated carbocycles. The highest BCUT2D eigenvalue weighted by Gasteiger charge is 2.66. The lowest BCUT2D eigenvalue weighted by atomic mass is 9.52. The summed E-state index contributed by atoms with van der Waals surface area (Å²) in [4.78, 5) is 71.2. The van der Waals surface area contributed by atoms with Crippen LogP contribution in [0.2, 0.25) is 0 Å². The van der Waals surface area contributed by atoms with Crippen molar-refractivity contribution in [2.24, 2.45) is 35.0 Å². The summed E-state index contributed by atoms with van der Waals surface area (Å²) < 4.78 is 10.7. The molecule has 4 amide bonds. The van der Waals surface area contributed by atoms with Gasteiger partial charge < -0.3 is 14.6 Å². The van der Waals surface area contributed by atoms with E-state index in [-0.39, 0.29) is 53.1 Å². The molecule has 4 aliphatic rings. The molecule has 10 nitrogen and oxygen atoms in total. The normalized spacial score (nSPS) is 27.6. The van der Waals surface area contributed by atoms with Crippen LogP contribution in [0.1, 0.15) is 42.6 Å². The molecule has 7 rings (SSSR count). The Morgan fingerprint density at radius 1 is 0.857 bits per heavy atom. The summed E-state index contributed by atoms with van der Waals surface area (Å²) >= 11 is 0. The number of allylic oxidation sites excluding steroid dienone is 3. The van der Waals surface area contributed by atoms with Crippen LogP contribution in [0.15, 0.2) is 84.5 Å². The van der Waals surface area contributed by atoms with Gasteiger partial charge >= 0.3 is 0 Å². The monoisotopic (exact) mass is 660 g/mol. The Morgan fingerprint density at radius 2 is 1.49 bits per heavy atom. The van der Waals surface area contributed by atoms with Crippen molar-refractivity contribution in [3.05, 3.63) is 95.6 Å². The largest absolute Gasteiger partial charge is 0.502 e. The second-order valence-electron chi connectivity index (χ2n) is 13.3. The van der Waals surface area contributed by atoms with Gasteiger partial charge in [0, 0.05) is 11.5 Å². The summed E-state index contributed by atoms with van der Waals surface area (Å²) in [6.07, 6.45) is 6.21. The molecule has 2 heterocycles. The quantitative estimate of drug-likeness (QED) is 0.197. The van der Waals surface area contributed by atoms with Gasteiger partial charge in [0.1, 0.15) is 0 Å². The number of methoxy groups -OCH3 is 2. The maximum absolute atomic E-state index is 14.5. The summed E-state index contributed by atoms with van der Waals surface area (Å²) in [5.74, 6) is -4.35. The number of phenolic OH excluding ortho intramolecular Hbond substituents is 1. The third kappa shape index (κ3) is 4.80. The van der Waals surface area contributed by atoms with E-state index in [1.807, 2.05) is 25.1 Å². The second-order valence-corrected chi connectivity index (χ2v) is 13.3. The van der Waals surface area contributed by atoms with Crippen LogP contribution in [0.5, 0.6) is 17.2 Å². The summed E-state index contributed by atoms with van der Waals surface area (Å²) in [6, 6.07) is 18.5. The molecular formula is C39H36N2O8. The second kappa shape index (κ2) is 11.9. The van der Waals surface area contributed by atoms with Gasteiger partial charge in [0.15, 0.2) is 17.3 Å². The molecule has 3 fully saturated rings. The molecule has 250 valence electrons. The van der Waals surface area contributed by atoms with Crippen LogP contribution in [0.4, 0.5) is 11.4 Å². The fraction of sp³-hybridized carbons (Fsp3) is 0.308. The van der Waals surface area contributed by atoms with E-state index in [4.69, 9.17) is 9.47 Å². The molecule has 0 bridgehead atoms. The van der Waals surface area contributed by atoms with Gasteiger partial charge in [-0.3, -0.25) is 28.9 Å². The van der Waals surface area contributed by atoms with Crippen LogP contribution in [0.3, 0.4) is 0 Å². The molecule has 10 heteroatoms. The van der Waals surface area contributed by atoms with E-state index in [0.717, 1.165) is 5.57 Å². The lowest BCUT2D eigenvalue weighted by Crippen LogP contribution is -2.49. The highest BCUT2D eigenvalue weighted by molar-refractivity contribution is 6.25. The van der Waals surface area contributed by atoms with Crippen LogP contribution in [0, 0.1) is 35.0 Å². The van der Waals surface area contributed by atoms with Gasteiger partial charge in [0.2, 0.25) is 29.4 Å². The van der Waals surface area contributed by atoms with E-state index in [9.17, 15) is 29.1 Å². The van der Waals surface area contributed by atoms with Gasteiger partial charge in [-0.05, 0) is 86.7 Å². The Labute approximate surface area is 283 Å². The summed E-state index contributed by atoms with van der Waals surface area (Å²) in [5, 5.41) is 10.5. The van der Waals surface area contributed by atoms with Crippen LogP contribution in [0.25, 0.3) is 6.08 Å². The van der Waals surface area contributed by atoms with Crippen molar-refractivity contribution < 1.29 is 38.6 Å². The number of rotatable bonds is 7. The van der Waals surface area contributed by atoms with Crippen LogP contribution in [-0.4, -0.2) is 48.7 Å². The highest BCUT2D eigenvalue weighted by atomic mass is 16.5. The van der Waals surface area contributed by atoms with Crippen LogP contribution < -0.4 is 19.3 Å². The standard InChI is InChI=1S/C39H36N2O8/c1-21(42)23-11-13-25(14-12-23)40-35(44)27-16-15-26-28(33(27)37(40)46)20-30-36(45)41(24-8-6-5-7-9-24)38(47)39(30,2)29(26)17-10-22-18-31(48-3)34(43)32(19-22)49-4/h5-15,17-19,27-30,33,43H,16,20H2,1-4H3/t27-,28+,29-,30-,33-,39-/m0/s1. The Hall–Kier alpha value is -5.51. The van der Waals surface area contributed by atoms with E-state index in [0.29, 0.717) is 28.9 Å². The first-order valence-electron chi connectivity index (χ1n) is 16.3. The number of ketones is 1. The minimum atomic E-state index is -1.18. The zero-order valence-corrected chi connectivity index (χ0v) is 27.6. The molecule has 3 aromatic carbocycles. The van der Waals surface area contributed by atoms with Gasteiger partial charge in [0.05, 0.1) is 48.8 Å². The average molecular weight is 661 g/mol. The Morgan fingerprint density at radius 3 is 2.10 bits per heavy atom. The number of aromatic hydroxyl groups is 1. The predicted octanol–water partition coefficient (Wildman–Crippen LogP) is 5.59. The fourth-order valence-corrected chi connectivity index (χ4v) is 8.36. The Kier molecular flexibility index (Phi) is 7.77. The number of anilines is 2. The van der Waals surface area contributed by atoms with Crippen molar-refractivity contribution in [3.63, 3.8) is 0 Å². The van der Waals surface area contributed by atoms with Crippen molar-refractivity contribution in [1.29, 1.82) is 0 Å². The molecule has 49 heavy (non-hydrogen) atoms. The Bertz CT molecular complexity index is 1940. The van der Waals surface area contributed by atoms with Gasteiger partial charge in [-0.25, -0.2) is 4.90 Å². The number of nitrogens with zero attached hydrogens (tertiary/aromatic N) is 2. The zero-order chi connectivity index (χ0) is 34.8. The molecule has 0 unspecified atom stereocenters. The number of carbonyl (C=O) groups is 5. The summed E-state index contributed by atoms with van der Waals surface area (Å²) in [7, 11) is 2.87. The van der Waals surface area contributed by atoms with Crippen molar-refractivity contribution in [3.8, 4) is 17.2 Å². The third-order valence-electron chi connectivity index (χ3n) is 10.9. The Balaban J connectivity index is 1.32. The molecule has 0 radical (unpaired) electrons. The number of hydrogen-bond donors (Lipinski definition) is 1. The van der Waals surface area contributed by atoms with Gasteiger partial charge in [0.25, 0.3) is 0 Å².